The standard InChI is InChI=1S/C17H14IN3OS/c1-11-5-7-12(8-6-11)9-15-20-21-17(23-15)19-16(22)13-3-2-4-14(18)10-13/h2-8,10,18H,9H2,1H3/p+3. The molecule has 4 nitrogen and oxygen atoms in total. The Morgan fingerprint density at radius 3 is 2.78 bits per heavy atom. The van der Waals surface area contributed by atoms with Gasteiger partial charge in [-0.25, -0.2) is 4.79 Å². The number of halogens is 1. The van der Waals surface area contributed by atoms with E-state index in [1.807, 2.05) is 46.9 Å². The number of nitrogens with two attached hydrogens (primary N) is 1. The van der Waals surface area contributed by atoms with Crippen LogP contribution in [0.2, 0.25) is 0 Å². The highest BCUT2D eigenvalue weighted by Gasteiger charge is 2.21. The number of carbonyl (C=O) groups is 1. The van der Waals surface area contributed by atoms with Gasteiger partial charge in [0, 0.05) is 28.9 Å². The fraction of sp³-hybridized carbons (Fsp3) is 0.118. The Morgan fingerprint density at radius 1 is 1.26 bits per heavy atom. The average molecular weight is 438 g/mol. The zero-order valence-electron chi connectivity index (χ0n) is 12.6. The molecule has 0 fully saturated rings. The molecule has 2 aromatic carbocycles. The van der Waals surface area contributed by atoms with E-state index in [0.717, 1.165) is 20.1 Å². The first-order valence-corrected chi connectivity index (χ1v) is 9.17. The maximum absolute atomic E-state index is 12.3. The van der Waals surface area contributed by atoms with Crippen molar-refractivity contribution in [3.8, 4) is 0 Å². The summed E-state index contributed by atoms with van der Waals surface area (Å²) in [5.74, 6) is -0.00258. The third kappa shape index (κ3) is 4.43. The van der Waals surface area contributed by atoms with Crippen molar-refractivity contribution >= 4 is 22.4 Å². The smallest absolute Gasteiger partial charge is 0.225 e. The van der Waals surface area contributed by atoms with Crippen molar-refractivity contribution in [3.63, 3.8) is 0 Å². The number of H-pyrrole nitrogens is 1. The Morgan fingerprint density at radius 2 is 2.04 bits per heavy atom. The van der Waals surface area contributed by atoms with Crippen LogP contribution in [0, 0.1) is 10.5 Å². The van der Waals surface area contributed by atoms with Crippen molar-refractivity contribution < 1.29 is 37.8 Å². The van der Waals surface area contributed by atoms with Crippen molar-refractivity contribution in [3.05, 3.63) is 73.8 Å². The molecule has 0 saturated carbocycles. The predicted octanol–water partition coefficient (Wildman–Crippen LogP) is -1.65. The normalized spacial score (nSPS) is 10.7. The zero-order valence-corrected chi connectivity index (χ0v) is 15.7. The molecule has 0 spiro atoms. The molecule has 1 heterocycles. The Labute approximate surface area is 152 Å². The molecule has 0 atom stereocenters. The van der Waals surface area contributed by atoms with Gasteiger partial charge in [-0.05, 0) is 29.7 Å². The maximum atomic E-state index is 12.3. The summed E-state index contributed by atoms with van der Waals surface area (Å²) in [6, 6.07) is 16.0. The van der Waals surface area contributed by atoms with E-state index in [4.69, 9.17) is 0 Å². The predicted molar refractivity (Wildman–Crippen MR) is 85.1 cm³/mol. The Hall–Kier alpha value is -1.64. The number of hydrogen-bond donors (Lipinski definition) is 1. The Balaban J connectivity index is 1.67. The Bertz CT molecular complexity index is 830. The monoisotopic (exact) mass is 438 g/mol. The number of rotatable bonds is 4. The van der Waals surface area contributed by atoms with E-state index in [9.17, 15) is 4.79 Å². The topological polar surface area (TPSA) is 60.7 Å². The minimum atomic E-state index is -0.00258. The van der Waals surface area contributed by atoms with Gasteiger partial charge >= 0.3 is 11.0 Å². The average Bonchev–Trinajstić information content (AvgIpc) is 2.96. The van der Waals surface area contributed by atoms with Crippen LogP contribution in [0.1, 0.15) is 26.5 Å². The van der Waals surface area contributed by atoms with Gasteiger partial charge in [0.15, 0.2) is 8.58 Å². The summed E-state index contributed by atoms with van der Waals surface area (Å²) >= 11 is 3.42. The molecule has 1 amide bonds. The van der Waals surface area contributed by atoms with Crippen LogP contribution in [0.3, 0.4) is 0 Å². The summed E-state index contributed by atoms with van der Waals surface area (Å²) in [5.41, 5.74) is 3.17. The van der Waals surface area contributed by atoms with Crippen LogP contribution in [-0.4, -0.2) is 11.0 Å². The number of aromatic amines is 1. The molecule has 3 rings (SSSR count). The van der Waals surface area contributed by atoms with Crippen LogP contribution in [0.5, 0.6) is 0 Å². The summed E-state index contributed by atoms with van der Waals surface area (Å²) in [7, 11) is 0. The third-order valence-electron chi connectivity index (χ3n) is 3.38. The van der Waals surface area contributed by atoms with Gasteiger partial charge in [-0.2, -0.15) is 5.32 Å². The van der Waals surface area contributed by atoms with E-state index >= 15 is 0 Å². The second-order valence-corrected chi connectivity index (χ2v) is 7.74. The van der Waals surface area contributed by atoms with Gasteiger partial charge in [-0.3, -0.25) is 0 Å². The molecule has 0 bridgehead atoms. The van der Waals surface area contributed by atoms with Crippen LogP contribution in [-0.2, 0) is 6.42 Å². The maximum Gasteiger partial charge on any atom is 0.459 e. The van der Waals surface area contributed by atoms with E-state index in [-0.39, 0.29) is 5.91 Å². The van der Waals surface area contributed by atoms with Gasteiger partial charge in [-0.1, -0.05) is 35.9 Å². The summed E-state index contributed by atoms with van der Waals surface area (Å²) in [5, 5.41) is 10.6. The molecule has 23 heavy (non-hydrogen) atoms. The molecule has 1 aromatic heterocycles. The van der Waals surface area contributed by atoms with Crippen LogP contribution in [0.15, 0.2) is 48.5 Å². The van der Waals surface area contributed by atoms with E-state index in [1.165, 1.54) is 22.5 Å². The second-order valence-electron chi connectivity index (χ2n) is 5.28. The Kier molecular flexibility index (Phi) is 5.14. The second kappa shape index (κ2) is 7.29. The van der Waals surface area contributed by atoms with E-state index in [0.29, 0.717) is 5.56 Å². The number of nitrogens with zero attached hydrogens (tertiary/aromatic N) is 1. The number of carbonyl (C=O) groups excluding carboxylic acids is 1. The van der Waals surface area contributed by atoms with Gasteiger partial charge in [0.25, 0.3) is 22.6 Å². The summed E-state index contributed by atoms with van der Waals surface area (Å²) in [4.78, 5) is 12.3. The lowest BCUT2D eigenvalue weighted by Crippen LogP contribution is -3.34. The zero-order chi connectivity index (χ0) is 16.2. The first-order chi connectivity index (χ1) is 11.1. The lowest BCUT2D eigenvalue weighted by atomic mass is 10.1. The molecular formula is C17H17IN3OS+3. The third-order valence-corrected chi connectivity index (χ3v) is 5.00. The van der Waals surface area contributed by atoms with Crippen molar-refractivity contribution in [2.24, 2.45) is 0 Å². The minimum Gasteiger partial charge on any atom is -0.225 e. The number of aromatic nitrogens is 2. The SMILES string of the molecule is Cc1ccc(Cc2n[nH+]c([NH2+]C(=O)c3cccc([IH+])c3)s2)cc1. The number of quaternary nitrogens is 1. The molecule has 0 radical (unpaired) electrons. The van der Waals surface area contributed by atoms with Gasteiger partial charge in [0.2, 0.25) is 0 Å². The number of nitrogens with one attached hydrogen (secondary N) is 1. The molecule has 0 aliphatic heterocycles. The summed E-state index contributed by atoms with van der Waals surface area (Å²) < 4.78 is 1.09. The molecule has 6 heteroatoms. The fourth-order valence-electron chi connectivity index (χ4n) is 2.16. The van der Waals surface area contributed by atoms with Gasteiger partial charge in [0.1, 0.15) is 0 Å². The van der Waals surface area contributed by atoms with Crippen molar-refractivity contribution in [2.75, 3.05) is 0 Å². The van der Waals surface area contributed by atoms with Gasteiger partial charge in [0.05, 0.1) is 5.56 Å². The van der Waals surface area contributed by atoms with Crippen LogP contribution < -0.4 is 33.0 Å². The molecule has 0 aliphatic carbocycles. The van der Waals surface area contributed by atoms with E-state index < -0.39 is 0 Å². The largest absolute Gasteiger partial charge is 0.459 e. The lowest BCUT2D eigenvalue weighted by Gasteiger charge is -1.96. The molecule has 116 valence electrons. The van der Waals surface area contributed by atoms with Crippen LogP contribution >= 0.6 is 11.3 Å². The fourth-order valence-corrected chi connectivity index (χ4v) is 3.59. The van der Waals surface area contributed by atoms with E-state index in [2.05, 4.69) is 41.4 Å². The van der Waals surface area contributed by atoms with Crippen LogP contribution in [0.25, 0.3) is 0 Å². The molecule has 0 aliphatic rings. The highest BCUT2D eigenvalue weighted by molar-refractivity contribution is 7.14. The quantitative estimate of drug-likeness (QED) is 0.497. The summed E-state index contributed by atoms with van der Waals surface area (Å²) in [6.45, 7) is 2.07. The van der Waals surface area contributed by atoms with Gasteiger partial charge in [-0.15, -0.1) is 0 Å². The highest BCUT2D eigenvalue weighted by Crippen LogP contribution is 2.13. The van der Waals surface area contributed by atoms with Crippen molar-refractivity contribution in [2.45, 2.75) is 13.3 Å². The molecule has 0 unspecified atom stereocenters. The minimum absolute atomic E-state index is 0.00258. The first kappa shape index (κ1) is 16.2. The van der Waals surface area contributed by atoms with E-state index in [1.54, 1.807) is 5.32 Å². The first-order valence-electron chi connectivity index (χ1n) is 7.19. The molecule has 0 saturated heterocycles. The number of benzene rings is 2. The van der Waals surface area contributed by atoms with Crippen molar-refractivity contribution in [1.29, 1.82) is 0 Å². The highest BCUT2D eigenvalue weighted by atomic mass is 127. The summed E-state index contributed by atoms with van der Waals surface area (Å²) in [6.07, 6.45) is 0.772. The number of hydrogen-bond acceptors (Lipinski definition) is 3. The van der Waals surface area contributed by atoms with Gasteiger partial charge < -0.3 is 0 Å². The molecule has 3 N–H and O–H groups in total. The van der Waals surface area contributed by atoms with Crippen LogP contribution in [0.4, 0.5) is 5.13 Å². The number of primary amides is 1. The number of aryl methyl sites for hydroxylation is 1. The molecule has 3 aromatic rings. The van der Waals surface area contributed by atoms with Crippen molar-refractivity contribution in [1.82, 2.24) is 5.10 Å². The molecular weight excluding hydrogens is 421 g/mol. The lowest BCUT2D eigenvalue weighted by molar-refractivity contribution is -0.592. The number of amides is 1.